The first kappa shape index (κ1) is 16.3. The number of primary amides is 1. The Balaban J connectivity index is 1.91. The first-order valence-corrected chi connectivity index (χ1v) is 8.39. The maximum Gasteiger partial charge on any atom is 0.221 e. The molecule has 4 aromatic rings. The summed E-state index contributed by atoms with van der Waals surface area (Å²) in [7, 11) is 0. The van der Waals surface area contributed by atoms with Gasteiger partial charge in [-0.1, -0.05) is 12.1 Å². The molecular formula is C21H18FN3O. The Bertz CT molecular complexity index is 1180. The number of hydrogen-bond donors (Lipinski definition) is 2. The fraction of sp³-hybridized carbons (Fsp3) is 0.143. The lowest BCUT2D eigenvalue weighted by Crippen LogP contribution is -2.13. The molecule has 1 amide bonds. The van der Waals surface area contributed by atoms with Crippen LogP contribution in [0, 0.1) is 19.7 Å². The van der Waals surface area contributed by atoms with E-state index >= 15 is 0 Å². The number of pyridine rings is 1. The predicted molar refractivity (Wildman–Crippen MR) is 101 cm³/mol. The van der Waals surface area contributed by atoms with Gasteiger partial charge in [-0.15, -0.1) is 0 Å². The van der Waals surface area contributed by atoms with Gasteiger partial charge in [0, 0.05) is 16.3 Å². The summed E-state index contributed by atoms with van der Waals surface area (Å²) in [5.41, 5.74) is 11.5. The number of rotatable bonds is 3. The molecule has 2 heterocycles. The van der Waals surface area contributed by atoms with Crippen molar-refractivity contribution in [2.24, 2.45) is 5.73 Å². The van der Waals surface area contributed by atoms with Gasteiger partial charge in [-0.25, -0.2) is 9.37 Å². The Labute approximate surface area is 149 Å². The van der Waals surface area contributed by atoms with Crippen molar-refractivity contribution in [3.8, 4) is 11.4 Å². The second-order valence-electron chi connectivity index (χ2n) is 6.63. The smallest absolute Gasteiger partial charge is 0.221 e. The molecule has 130 valence electrons. The molecule has 0 aliphatic carbocycles. The van der Waals surface area contributed by atoms with Gasteiger partial charge >= 0.3 is 0 Å². The Kier molecular flexibility index (Phi) is 3.72. The van der Waals surface area contributed by atoms with Crippen LogP contribution in [0.15, 0.2) is 42.5 Å². The van der Waals surface area contributed by atoms with E-state index in [1.54, 1.807) is 6.07 Å². The minimum atomic E-state index is -0.370. The molecule has 4 nitrogen and oxygen atoms in total. The molecule has 0 atom stereocenters. The molecule has 26 heavy (non-hydrogen) atoms. The number of carbonyl (C=O) groups is 1. The van der Waals surface area contributed by atoms with Gasteiger partial charge in [-0.3, -0.25) is 4.79 Å². The standard InChI is InChI=1S/C21H18FN3O/c1-11-7-19(21-12(2)16-10-14(22)4-6-17(16)25-21)24-18-8-13(9-20(23)26)3-5-15(11)18/h3-8,10,25H,9H2,1-2H3,(H2,23,26). The number of nitrogens with two attached hydrogens (primary N) is 1. The van der Waals surface area contributed by atoms with Crippen molar-refractivity contribution in [3.63, 3.8) is 0 Å². The molecule has 0 fully saturated rings. The van der Waals surface area contributed by atoms with Gasteiger partial charge in [0.15, 0.2) is 0 Å². The molecule has 0 bridgehead atoms. The fourth-order valence-electron chi connectivity index (χ4n) is 3.44. The number of fused-ring (bicyclic) bond motifs is 2. The molecule has 3 N–H and O–H groups in total. The normalized spacial score (nSPS) is 11.3. The molecule has 0 saturated carbocycles. The summed E-state index contributed by atoms with van der Waals surface area (Å²) in [5.74, 6) is -0.629. The molecule has 0 saturated heterocycles. The summed E-state index contributed by atoms with van der Waals surface area (Å²) in [6.07, 6.45) is 0.186. The largest absolute Gasteiger partial charge is 0.369 e. The second kappa shape index (κ2) is 5.95. The highest BCUT2D eigenvalue weighted by Crippen LogP contribution is 2.31. The minimum Gasteiger partial charge on any atom is -0.369 e. The molecule has 4 rings (SSSR count). The maximum atomic E-state index is 13.6. The van der Waals surface area contributed by atoms with Crippen molar-refractivity contribution in [3.05, 3.63) is 65.0 Å². The highest BCUT2D eigenvalue weighted by atomic mass is 19.1. The zero-order chi connectivity index (χ0) is 18.4. The van der Waals surface area contributed by atoms with Gasteiger partial charge in [0.25, 0.3) is 0 Å². The van der Waals surface area contributed by atoms with Gasteiger partial charge in [-0.2, -0.15) is 0 Å². The monoisotopic (exact) mass is 347 g/mol. The van der Waals surface area contributed by atoms with Crippen LogP contribution >= 0.6 is 0 Å². The molecule has 2 aromatic carbocycles. The lowest BCUT2D eigenvalue weighted by molar-refractivity contribution is -0.117. The molecular weight excluding hydrogens is 329 g/mol. The Morgan fingerprint density at radius 2 is 1.92 bits per heavy atom. The second-order valence-corrected chi connectivity index (χ2v) is 6.63. The lowest BCUT2D eigenvalue weighted by Gasteiger charge is -2.08. The van der Waals surface area contributed by atoms with Crippen LogP contribution in [0.25, 0.3) is 33.2 Å². The summed E-state index contributed by atoms with van der Waals surface area (Å²) >= 11 is 0. The third-order valence-electron chi connectivity index (χ3n) is 4.74. The van der Waals surface area contributed by atoms with Crippen molar-refractivity contribution in [2.75, 3.05) is 0 Å². The molecule has 0 unspecified atom stereocenters. The molecule has 5 heteroatoms. The number of aryl methyl sites for hydroxylation is 2. The number of halogens is 1. The van der Waals surface area contributed by atoms with Crippen molar-refractivity contribution in [2.45, 2.75) is 20.3 Å². The van der Waals surface area contributed by atoms with E-state index in [1.165, 1.54) is 12.1 Å². The Hall–Kier alpha value is -3.21. The minimum absolute atomic E-state index is 0.186. The van der Waals surface area contributed by atoms with Gasteiger partial charge in [0.1, 0.15) is 5.82 Å². The first-order valence-electron chi connectivity index (χ1n) is 8.39. The number of H-pyrrole nitrogens is 1. The summed E-state index contributed by atoms with van der Waals surface area (Å²) in [4.78, 5) is 19.3. The number of hydrogen-bond acceptors (Lipinski definition) is 2. The van der Waals surface area contributed by atoms with Crippen LogP contribution in [0.3, 0.4) is 0 Å². The van der Waals surface area contributed by atoms with Gasteiger partial charge in [-0.05, 0) is 60.9 Å². The number of benzene rings is 2. The van der Waals surface area contributed by atoms with Crippen LogP contribution in [0.2, 0.25) is 0 Å². The fourth-order valence-corrected chi connectivity index (χ4v) is 3.44. The van der Waals surface area contributed by atoms with E-state index in [0.29, 0.717) is 0 Å². The van der Waals surface area contributed by atoms with E-state index in [2.05, 4.69) is 4.98 Å². The van der Waals surface area contributed by atoms with Crippen molar-refractivity contribution >= 4 is 27.7 Å². The van der Waals surface area contributed by atoms with E-state index in [9.17, 15) is 9.18 Å². The van der Waals surface area contributed by atoms with E-state index in [-0.39, 0.29) is 18.1 Å². The number of carbonyl (C=O) groups excluding carboxylic acids is 1. The predicted octanol–water partition coefficient (Wildman–Crippen LogP) is 4.17. The average molecular weight is 347 g/mol. The third-order valence-corrected chi connectivity index (χ3v) is 4.74. The summed E-state index contributed by atoms with van der Waals surface area (Å²) in [6.45, 7) is 3.98. The van der Waals surface area contributed by atoms with Crippen LogP contribution in [0.4, 0.5) is 4.39 Å². The number of nitrogens with one attached hydrogen (secondary N) is 1. The SMILES string of the molecule is Cc1cc(-c2[nH]c3ccc(F)cc3c2C)nc2cc(CC(N)=O)ccc12. The number of aromatic nitrogens is 2. The summed E-state index contributed by atoms with van der Waals surface area (Å²) < 4.78 is 13.6. The molecule has 2 aromatic heterocycles. The highest BCUT2D eigenvalue weighted by Gasteiger charge is 2.13. The zero-order valence-electron chi connectivity index (χ0n) is 14.6. The van der Waals surface area contributed by atoms with E-state index in [0.717, 1.165) is 49.9 Å². The zero-order valence-corrected chi connectivity index (χ0v) is 14.6. The van der Waals surface area contributed by atoms with E-state index in [4.69, 9.17) is 10.7 Å². The van der Waals surface area contributed by atoms with Crippen molar-refractivity contribution in [1.82, 2.24) is 9.97 Å². The Morgan fingerprint density at radius 3 is 2.69 bits per heavy atom. The first-order chi connectivity index (χ1) is 12.4. The summed E-state index contributed by atoms with van der Waals surface area (Å²) in [6, 6.07) is 12.5. The Morgan fingerprint density at radius 1 is 1.12 bits per heavy atom. The molecule has 0 spiro atoms. The number of aromatic amines is 1. The van der Waals surface area contributed by atoms with Crippen LogP contribution in [-0.4, -0.2) is 15.9 Å². The van der Waals surface area contributed by atoms with Gasteiger partial charge in [0.2, 0.25) is 5.91 Å². The van der Waals surface area contributed by atoms with E-state index in [1.807, 2.05) is 38.1 Å². The van der Waals surface area contributed by atoms with Gasteiger partial charge < -0.3 is 10.7 Å². The number of nitrogens with zero attached hydrogens (tertiary/aromatic N) is 1. The molecule has 0 radical (unpaired) electrons. The van der Waals surface area contributed by atoms with Crippen molar-refractivity contribution in [1.29, 1.82) is 0 Å². The van der Waals surface area contributed by atoms with Crippen LogP contribution < -0.4 is 5.73 Å². The quantitative estimate of drug-likeness (QED) is 0.584. The lowest BCUT2D eigenvalue weighted by atomic mass is 10.0. The third kappa shape index (κ3) is 2.71. The van der Waals surface area contributed by atoms with Crippen LogP contribution in [0.1, 0.15) is 16.7 Å². The van der Waals surface area contributed by atoms with Crippen molar-refractivity contribution < 1.29 is 9.18 Å². The van der Waals surface area contributed by atoms with Gasteiger partial charge in [0.05, 0.1) is 23.3 Å². The number of amides is 1. The molecule has 0 aliphatic rings. The average Bonchev–Trinajstić information content (AvgIpc) is 2.90. The van der Waals surface area contributed by atoms with Crippen LogP contribution in [-0.2, 0) is 11.2 Å². The maximum absolute atomic E-state index is 13.6. The van der Waals surface area contributed by atoms with Crippen LogP contribution in [0.5, 0.6) is 0 Å². The topological polar surface area (TPSA) is 71.8 Å². The molecule has 0 aliphatic heterocycles. The summed E-state index contributed by atoms with van der Waals surface area (Å²) in [5, 5.41) is 1.88. The highest BCUT2D eigenvalue weighted by molar-refractivity contribution is 5.92. The van der Waals surface area contributed by atoms with E-state index < -0.39 is 0 Å².